The summed E-state index contributed by atoms with van der Waals surface area (Å²) in [6.07, 6.45) is 4.85. The molecule has 0 amide bonds. The summed E-state index contributed by atoms with van der Waals surface area (Å²) in [7, 11) is 0. The first-order valence-electron chi connectivity index (χ1n) is 6.58. The van der Waals surface area contributed by atoms with Crippen molar-refractivity contribution in [2.75, 3.05) is 5.32 Å². The van der Waals surface area contributed by atoms with E-state index in [2.05, 4.69) is 12.2 Å². The average molecular weight is 246 g/mol. The van der Waals surface area contributed by atoms with Gasteiger partial charge in [-0.2, -0.15) is 5.26 Å². The van der Waals surface area contributed by atoms with Crippen LogP contribution in [0.4, 0.5) is 10.1 Å². The van der Waals surface area contributed by atoms with E-state index < -0.39 is 0 Å². The van der Waals surface area contributed by atoms with E-state index in [4.69, 9.17) is 5.26 Å². The lowest BCUT2D eigenvalue weighted by molar-refractivity contribution is 0.349. The van der Waals surface area contributed by atoms with Gasteiger partial charge < -0.3 is 5.32 Å². The molecule has 1 aromatic carbocycles. The first kappa shape index (κ1) is 12.9. The molecule has 1 aliphatic rings. The normalized spacial score (nSPS) is 23.4. The van der Waals surface area contributed by atoms with E-state index in [0.717, 1.165) is 12.1 Å². The number of anilines is 1. The van der Waals surface area contributed by atoms with Crippen molar-refractivity contribution in [3.63, 3.8) is 0 Å². The van der Waals surface area contributed by atoms with Crippen molar-refractivity contribution in [2.45, 2.75) is 45.6 Å². The lowest BCUT2D eigenvalue weighted by Gasteiger charge is -2.31. The van der Waals surface area contributed by atoms with Gasteiger partial charge in [0.2, 0.25) is 0 Å². The maximum absolute atomic E-state index is 13.7. The second-order valence-electron chi connectivity index (χ2n) is 5.26. The van der Waals surface area contributed by atoms with Gasteiger partial charge in [-0.25, -0.2) is 4.39 Å². The number of benzene rings is 1. The molecule has 2 atom stereocenters. The van der Waals surface area contributed by atoms with Crippen molar-refractivity contribution in [1.82, 2.24) is 0 Å². The van der Waals surface area contributed by atoms with Gasteiger partial charge in [0.05, 0.1) is 11.6 Å². The molecule has 0 heterocycles. The second-order valence-corrected chi connectivity index (χ2v) is 5.26. The van der Waals surface area contributed by atoms with Gasteiger partial charge >= 0.3 is 0 Å². The fourth-order valence-electron chi connectivity index (χ4n) is 2.62. The largest absolute Gasteiger partial charge is 0.382 e. The molecule has 1 saturated carbocycles. The van der Waals surface area contributed by atoms with Gasteiger partial charge in [-0.3, -0.25) is 0 Å². The summed E-state index contributed by atoms with van der Waals surface area (Å²) >= 11 is 0. The molecule has 0 bridgehead atoms. The Morgan fingerprint density at radius 1 is 1.33 bits per heavy atom. The Morgan fingerprint density at radius 2 is 2.06 bits per heavy atom. The number of rotatable bonds is 2. The Morgan fingerprint density at radius 3 is 2.72 bits per heavy atom. The Hall–Kier alpha value is -1.56. The minimum absolute atomic E-state index is 0.306. The summed E-state index contributed by atoms with van der Waals surface area (Å²) < 4.78 is 13.7. The van der Waals surface area contributed by atoms with E-state index in [-0.39, 0.29) is 5.82 Å². The van der Waals surface area contributed by atoms with E-state index in [0.29, 0.717) is 23.1 Å². The highest BCUT2D eigenvalue weighted by Crippen LogP contribution is 2.29. The van der Waals surface area contributed by atoms with Crippen molar-refractivity contribution in [2.24, 2.45) is 5.92 Å². The van der Waals surface area contributed by atoms with Gasteiger partial charge in [-0.1, -0.05) is 19.8 Å². The van der Waals surface area contributed by atoms with Crippen molar-refractivity contribution >= 4 is 5.69 Å². The molecule has 1 aliphatic carbocycles. The van der Waals surface area contributed by atoms with Gasteiger partial charge in [0.15, 0.2) is 0 Å². The number of hydrogen-bond acceptors (Lipinski definition) is 2. The molecule has 96 valence electrons. The van der Waals surface area contributed by atoms with Crippen LogP contribution in [-0.4, -0.2) is 6.04 Å². The standard InChI is InChI=1S/C15H19FN2/c1-10-5-3-4-6-14(10)18-15-8-12(9-17)7-13(16)11(15)2/h7-8,10,14,18H,3-6H2,1-2H3. The molecule has 1 fully saturated rings. The number of nitriles is 1. The number of nitrogens with one attached hydrogen (secondary N) is 1. The highest BCUT2D eigenvalue weighted by Gasteiger charge is 2.22. The Bertz CT molecular complexity index is 476. The minimum atomic E-state index is -0.306. The molecule has 18 heavy (non-hydrogen) atoms. The highest BCUT2D eigenvalue weighted by molar-refractivity contribution is 5.56. The van der Waals surface area contributed by atoms with E-state index in [9.17, 15) is 4.39 Å². The minimum Gasteiger partial charge on any atom is -0.382 e. The van der Waals surface area contributed by atoms with Crippen LogP contribution in [0.15, 0.2) is 12.1 Å². The molecule has 0 saturated heterocycles. The van der Waals surface area contributed by atoms with E-state index in [1.54, 1.807) is 13.0 Å². The smallest absolute Gasteiger partial charge is 0.129 e. The SMILES string of the molecule is Cc1c(F)cc(C#N)cc1NC1CCCCC1C. The first-order valence-corrected chi connectivity index (χ1v) is 6.58. The van der Waals surface area contributed by atoms with Crippen LogP contribution in [0.2, 0.25) is 0 Å². The van der Waals surface area contributed by atoms with Gasteiger partial charge in [-0.05, 0) is 37.8 Å². The van der Waals surface area contributed by atoms with Gasteiger partial charge in [0.1, 0.15) is 5.82 Å². The van der Waals surface area contributed by atoms with E-state index in [1.165, 1.54) is 25.3 Å². The Labute approximate surface area is 108 Å². The third kappa shape index (κ3) is 2.64. The number of nitrogens with zero attached hydrogens (tertiary/aromatic N) is 1. The Balaban J connectivity index is 2.23. The molecule has 2 nitrogen and oxygen atoms in total. The van der Waals surface area contributed by atoms with Crippen LogP contribution in [-0.2, 0) is 0 Å². The molecule has 1 N–H and O–H groups in total. The van der Waals surface area contributed by atoms with Crippen LogP contribution >= 0.6 is 0 Å². The van der Waals surface area contributed by atoms with Crippen LogP contribution in [0.25, 0.3) is 0 Å². The zero-order valence-corrected chi connectivity index (χ0v) is 11.0. The second kappa shape index (κ2) is 5.39. The maximum atomic E-state index is 13.7. The van der Waals surface area contributed by atoms with Crippen molar-refractivity contribution in [3.05, 3.63) is 29.1 Å². The average Bonchev–Trinajstić information content (AvgIpc) is 2.37. The molecular weight excluding hydrogens is 227 g/mol. The fraction of sp³-hybridized carbons (Fsp3) is 0.533. The zero-order valence-electron chi connectivity index (χ0n) is 11.0. The molecule has 2 rings (SSSR count). The van der Waals surface area contributed by atoms with Crippen LogP contribution in [0, 0.1) is 30.0 Å². The van der Waals surface area contributed by atoms with E-state index in [1.807, 2.05) is 6.07 Å². The summed E-state index contributed by atoms with van der Waals surface area (Å²) in [6.45, 7) is 3.99. The molecule has 0 spiro atoms. The number of halogens is 1. The van der Waals surface area contributed by atoms with Crippen molar-refractivity contribution in [1.29, 1.82) is 5.26 Å². The lowest BCUT2D eigenvalue weighted by atomic mass is 9.85. The van der Waals surface area contributed by atoms with Crippen LogP contribution in [0.1, 0.15) is 43.7 Å². The molecular formula is C15H19FN2. The van der Waals surface area contributed by atoms with Gasteiger partial charge in [-0.15, -0.1) is 0 Å². The topological polar surface area (TPSA) is 35.8 Å². The monoisotopic (exact) mass is 246 g/mol. The quantitative estimate of drug-likeness (QED) is 0.856. The van der Waals surface area contributed by atoms with Crippen molar-refractivity contribution < 1.29 is 4.39 Å². The zero-order chi connectivity index (χ0) is 13.1. The maximum Gasteiger partial charge on any atom is 0.129 e. The Kier molecular flexibility index (Phi) is 3.86. The third-order valence-corrected chi connectivity index (χ3v) is 3.93. The summed E-state index contributed by atoms with van der Waals surface area (Å²) in [6, 6.07) is 5.44. The van der Waals surface area contributed by atoms with Crippen LogP contribution in [0.3, 0.4) is 0 Å². The summed E-state index contributed by atoms with van der Waals surface area (Å²) in [5, 5.41) is 12.3. The van der Waals surface area contributed by atoms with E-state index >= 15 is 0 Å². The first-order chi connectivity index (χ1) is 8.61. The van der Waals surface area contributed by atoms with Gasteiger partial charge in [0, 0.05) is 17.3 Å². The molecule has 3 heteroatoms. The van der Waals surface area contributed by atoms with Gasteiger partial charge in [0.25, 0.3) is 0 Å². The fourth-order valence-corrected chi connectivity index (χ4v) is 2.62. The lowest BCUT2D eigenvalue weighted by Crippen LogP contribution is -2.30. The highest BCUT2D eigenvalue weighted by atomic mass is 19.1. The summed E-state index contributed by atoms with van der Waals surface area (Å²) in [4.78, 5) is 0. The van der Waals surface area contributed by atoms with Crippen LogP contribution in [0.5, 0.6) is 0 Å². The molecule has 0 aliphatic heterocycles. The molecule has 1 aromatic rings. The predicted molar refractivity (Wildman–Crippen MR) is 70.9 cm³/mol. The van der Waals surface area contributed by atoms with Crippen LogP contribution < -0.4 is 5.32 Å². The summed E-state index contributed by atoms with van der Waals surface area (Å²) in [5.74, 6) is 0.298. The molecule has 0 radical (unpaired) electrons. The number of hydrogen-bond donors (Lipinski definition) is 1. The van der Waals surface area contributed by atoms with Crippen molar-refractivity contribution in [3.8, 4) is 6.07 Å². The third-order valence-electron chi connectivity index (χ3n) is 3.93. The molecule has 0 aromatic heterocycles. The predicted octanol–water partition coefficient (Wildman–Crippen LogP) is 4.00. The molecule has 2 unspecified atom stereocenters. The summed E-state index contributed by atoms with van der Waals surface area (Å²) in [5.41, 5.74) is 1.75.